The molecule has 174 valence electrons. The summed E-state index contributed by atoms with van der Waals surface area (Å²) in [6.07, 6.45) is 1.56. The second kappa shape index (κ2) is 11.1. The molecule has 4 rings (SSSR count). The highest BCUT2D eigenvalue weighted by atomic mass is 32.2. The predicted molar refractivity (Wildman–Crippen MR) is 122 cm³/mol. The fraction of sp³-hybridized carbons (Fsp3) is 0.333. The molecule has 9 nitrogen and oxygen atoms in total. The van der Waals surface area contributed by atoms with Crippen molar-refractivity contribution in [3.8, 4) is 5.75 Å². The summed E-state index contributed by atoms with van der Waals surface area (Å²) in [6.45, 7) is 2.38. The predicted octanol–water partition coefficient (Wildman–Crippen LogP) is 2.41. The van der Waals surface area contributed by atoms with E-state index in [9.17, 15) is 14.0 Å². The van der Waals surface area contributed by atoms with Gasteiger partial charge in [0, 0.05) is 26.2 Å². The van der Waals surface area contributed by atoms with Crippen LogP contribution in [0.2, 0.25) is 0 Å². The van der Waals surface area contributed by atoms with Gasteiger partial charge in [0.15, 0.2) is 22.5 Å². The van der Waals surface area contributed by atoms with E-state index in [4.69, 9.17) is 9.15 Å². The van der Waals surface area contributed by atoms with E-state index >= 15 is 0 Å². The molecule has 1 N–H and O–H groups in total. The summed E-state index contributed by atoms with van der Waals surface area (Å²) >= 11 is 2.74. The Bertz CT molecular complexity index is 1070. The molecule has 0 aliphatic carbocycles. The Hall–Kier alpha value is -3.12. The minimum absolute atomic E-state index is 0.0676. The number of nitrogens with one attached hydrogen (secondary N) is 1. The van der Waals surface area contributed by atoms with Crippen LogP contribution in [0.3, 0.4) is 0 Å². The summed E-state index contributed by atoms with van der Waals surface area (Å²) in [5.74, 6) is 0.209. The lowest BCUT2D eigenvalue weighted by Crippen LogP contribution is -2.50. The number of nitrogens with zero attached hydrogens (tertiary/aromatic N) is 4. The van der Waals surface area contributed by atoms with Gasteiger partial charge in [-0.25, -0.2) is 4.39 Å². The van der Waals surface area contributed by atoms with Crippen molar-refractivity contribution in [2.75, 3.05) is 43.4 Å². The average Bonchev–Trinajstić information content (AvgIpc) is 3.53. The third-order valence-electron chi connectivity index (χ3n) is 4.85. The first-order chi connectivity index (χ1) is 16.1. The molecule has 0 unspecified atom stereocenters. The van der Waals surface area contributed by atoms with Gasteiger partial charge in [-0.05, 0) is 24.3 Å². The van der Waals surface area contributed by atoms with Crippen molar-refractivity contribution in [1.82, 2.24) is 20.4 Å². The normalized spacial score (nSPS) is 13.7. The van der Waals surface area contributed by atoms with E-state index in [0.717, 1.165) is 5.13 Å². The maximum absolute atomic E-state index is 13.6. The molecule has 33 heavy (non-hydrogen) atoms. The molecule has 1 aromatic carbocycles. The van der Waals surface area contributed by atoms with Crippen molar-refractivity contribution in [2.45, 2.75) is 10.9 Å². The largest absolute Gasteiger partial charge is 0.481 e. The molecule has 1 saturated heterocycles. The van der Waals surface area contributed by atoms with Crippen LogP contribution in [0.25, 0.3) is 0 Å². The number of anilines is 1. The van der Waals surface area contributed by atoms with Crippen molar-refractivity contribution in [2.24, 2.45) is 0 Å². The van der Waals surface area contributed by atoms with Gasteiger partial charge in [0.2, 0.25) is 11.0 Å². The van der Waals surface area contributed by atoms with E-state index in [1.807, 2.05) is 0 Å². The zero-order chi connectivity index (χ0) is 23.0. The molecule has 0 spiro atoms. The molecule has 3 heterocycles. The molecular formula is C21H22FN5O4S2. The highest BCUT2D eigenvalue weighted by Gasteiger charge is 2.24. The topological polar surface area (TPSA) is 101 Å². The quantitative estimate of drug-likeness (QED) is 0.456. The van der Waals surface area contributed by atoms with Gasteiger partial charge in [-0.15, -0.1) is 10.2 Å². The van der Waals surface area contributed by atoms with Crippen molar-refractivity contribution in [1.29, 1.82) is 0 Å². The maximum atomic E-state index is 13.6. The van der Waals surface area contributed by atoms with Gasteiger partial charge >= 0.3 is 0 Å². The molecule has 0 atom stereocenters. The Morgan fingerprint density at radius 2 is 1.97 bits per heavy atom. The lowest BCUT2D eigenvalue weighted by Gasteiger charge is -2.34. The van der Waals surface area contributed by atoms with Gasteiger partial charge in [0.05, 0.1) is 18.6 Å². The number of hydrogen-bond donors (Lipinski definition) is 1. The summed E-state index contributed by atoms with van der Waals surface area (Å²) in [5, 5.41) is 11.9. The van der Waals surface area contributed by atoms with Crippen molar-refractivity contribution >= 4 is 40.0 Å². The molecule has 2 aromatic heterocycles. The minimum atomic E-state index is -0.491. The average molecular weight is 492 g/mol. The first-order valence-electron chi connectivity index (χ1n) is 10.2. The third-order valence-corrected chi connectivity index (χ3v) is 6.97. The van der Waals surface area contributed by atoms with Crippen molar-refractivity contribution < 1.29 is 23.1 Å². The van der Waals surface area contributed by atoms with E-state index in [2.05, 4.69) is 20.4 Å². The number of carbonyl (C=O) groups excluding carboxylic acids is 2. The summed E-state index contributed by atoms with van der Waals surface area (Å²) in [7, 11) is 0. The third kappa shape index (κ3) is 6.45. The van der Waals surface area contributed by atoms with Gasteiger partial charge in [-0.3, -0.25) is 9.59 Å². The summed E-state index contributed by atoms with van der Waals surface area (Å²) in [6, 6.07) is 9.58. The molecule has 3 aromatic rings. The number of benzene rings is 1. The number of furan rings is 1. The first-order valence-corrected chi connectivity index (χ1v) is 12.0. The number of amides is 2. The van der Waals surface area contributed by atoms with Crippen LogP contribution in [0.4, 0.5) is 9.52 Å². The zero-order valence-electron chi connectivity index (χ0n) is 17.6. The lowest BCUT2D eigenvalue weighted by molar-refractivity contribution is -0.133. The molecule has 1 fully saturated rings. The van der Waals surface area contributed by atoms with Gasteiger partial charge in [0.1, 0.15) is 5.76 Å². The Morgan fingerprint density at radius 1 is 1.15 bits per heavy atom. The number of aromatic nitrogens is 2. The highest BCUT2D eigenvalue weighted by Crippen LogP contribution is 2.28. The Balaban J connectivity index is 1.18. The van der Waals surface area contributed by atoms with Crippen LogP contribution in [-0.4, -0.2) is 65.5 Å². The van der Waals surface area contributed by atoms with E-state index in [1.165, 1.54) is 35.2 Å². The molecule has 0 saturated carbocycles. The standard InChI is InChI=1S/C21H22FN5O4S2/c22-16-5-1-2-6-17(16)31-13-19(29)26-7-9-27(10-8-26)20-24-25-21(33-20)32-14-18(28)23-12-15-4-3-11-30-15/h1-6,11H,7-10,12-14H2,(H,23,28). The summed E-state index contributed by atoms with van der Waals surface area (Å²) in [5.41, 5.74) is 0. The van der Waals surface area contributed by atoms with Crippen LogP contribution in [0.1, 0.15) is 5.76 Å². The van der Waals surface area contributed by atoms with Gasteiger partial charge in [-0.1, -0.05) is 35.2 Å². The Morgan fingerprint density at radius 3 is 2.73 bits per heavy atom. The first kappa shape index (κ1) is 23.1. The number of para-hydroxylation sites is 1. The van der Waals surface area contributed by atoms with Crippen LogP contribution >= 0.6 is 23.1 Å². The molecule has 1 aliphatic rings. The van der Waals surface area contributed by atoms with Crippen LogP contribution < -0.4 is 15.0 Å². The van der Waals surface area contributed by atoms with E-state index < -0.39 is 5.82 Å². The van der Waals surface area contributed by atoms with Crippen LogP contribution in [0.15, 0.2) is 51.4 Å². The monoisotopic (exact) mass is 491 g/mol. The highest BCUT2D eigenvalue weighted by molar-refractivity contribution is 8.01. The van der Waals surface area contributed by atoms with Crippen LogP contribution in [-0.2, 0) is 16.1 Å². The van der Waals surface area contributed by atoms with Gasteiger partial charge < -0.3 is 24.3 Å². The number of piperazine rings is 1. The second-order valence-corrected chi connectivity index (χ2v) is 9.26. The second-order valence-electron chi connectivity index (χ2n) is 7.08. The van der Waals surface area contributed by atoms with E-state index in [-0.39, 0.29) is 29.9 Å². The minimum Gasteiger partial charge on any atom is -0.481 e. The van der Waals surface area contributed by atoms with Gasteiger partial charge in [-0.2, -0.15) is 0 Å². The molecular weight excluding hydrogens is 469 g/mol. The van der Waals surface area contributed by atoms with Crippen LogP contribution in [0.5, 0.6) is 5.75 Å². The number of thioether (sulfide) groups is 1. The molecule has 0 radical (unpaired) electrons. The molecule has 1 aliphatic heterocycles. The molecule has 0 bridgehead atoms. The van der Waals surface area contributed by atoms with E-state index in [1.54, 1.807) is 35.4 Å². The number of halogens is 1. The summed E-state index contributed by atoms with van der Waals surface area (Å²) in [4.78, 5) is 28.1. The number of hydrogen-bond acceptors (Lipinski definition) is 9. The number of rotatable bonds is 9. The van der Waals surface area contributed by atoms with Gasteiger partial charge in [0.25, 0.3) is 5.91 Å². The summed E-state index contributed by atoms with van der Waals surface area (Å²) < 4.78 is 24.8. The SMILES string of the molecule is O=C(CSc1nnc(N2CCN(C(=O)COc3ccccc3F)CC2)s1)NCc1ccco1. The number of carbonyl (C=O) groups is 2. The van der Waals surface area contributed by atoms with Crippen molar-refractivity contribution in [3.05, 3.63) is 54.2 Å². The number of ether oxygens (including phenoxy) is 1. The Kier molecular flexibility index (Phi) is 7.79. The van der Waals surface area contributed by atoms with E-state index in [0.29, 0.717) is 42.8 Å². The smallest absolute Gasteiger partial charge is 0.260 e. The maximum Gasteiger partial charge on any atom is 0.260 e. The lowest BCUT2D eigenvalue weighted by atomic mass is 10.3. The van der Waals surface area contributed by atoms with Crippen molar-refractivity contribution in [3.63, 3.8) is 0 Å². The molecule has 12 heteroatoms. The molecule has 2 amide bonds. The fourth-order valence-corrected chi connectivity index (χ4v) is 4.83. The fourth-order valence-electron chi connectivity index (χ4n) is 3.11. The zero-order valence-corrected chi connectivity index (χ0v) is 19.2. The Labute approximate surface area is 197 Å². The van der Waals surface area contributed by atoms with Crippen LogP contribution in [0, 0.1) is 5.82 Å².